The molecule has 0 fully saturated rings. The van der Waals surface area contributed by atoms with Crippen molar-refractivity contribution < 1.29 is 14.3 Å². The van der Waals surface area contributed by atoms with E-state index < -0.39 is 0 Å². The van der Waals surface area contributed by atoms with Crippen LogP contribution < -0.4 is 0 Å². The number of carbonyl (C=O) groups is 1. The third-order valence-electron chi connectivity index (χ3n) is 3.47. The van der Waals surface area contributed by atoms with Gasteiger partial charge in [-0.3, -0.25) is 9.78 Å². The molecule has 0 saturated heterocycles. The zero-order chi connectivity index (χ0) is 14.1. The first-order chi connectivity index (χ1) is 9.65. The van der Waals surface area contributed by atoms with Crippen LogP contribution in [0, 0.1) is 5.82 Å². The third kappa shape index (κ3) is 2.22. The van der Waals surface area contributed by atoms with E-state index in [4.69, 9.17) is 0 Å². The lowest BCUT2D eigenvalue weighted by Crippen LogP contribution is -2.36. The van der Waals surface area contributed by atoms with Crippen LogP contribution in [0.4, 0.5) is 4.39 Å². The summed E-state index contributed by atoms with van der Waals surface area (Å²) in [5.41, 5.74) is 1.83. The van der Waals surface area contributed by atoms with Crippen LogP contribution in [0.1, 0.15) is 21.5 Å². The molecule has 0 unspecified atom stereocenters. The highest BCUT2D eigenvalue weighted by molar-refractivity contribution is 5.94. The van der Waals surface area contributed by atoms with Crippen LogP contribution in [0.25, 0.3) is 0 Å². The number of amides is 1. The summed E-state index contributed by atoms with van der Waals surface area (Å²) in [5, 5.41) is 9.37. The van der Waals surface area contributed by atoms with Crippen LogP contribution in [0.2, 0.25) is 0 Å². The Morgan fingerprint density at radius 2 is 2.20 bits per heavy atom. The van der Waals surface area contributed by atoms with Gasteiger partial charge in [0.15, 0.2) is 0 Å². The minimum absolute atomic E-state index is 0.0561. The van der Waals surface area contributed by atoms with Gasteiger partial charge >= 0.3 is 0 Å². The molecule has 1 aliphatic heterocycles. The minimum atomic E-state index is -0.283. The number of aromatic nitrogens is 1. The molecule has 1 aromatic heterocycles. The molecular formula is C15H13FN2O2. The second-order valence-electron chi connectivity index (χ2n) is 4.79. The van der Waals surface area contributed by atoms with E-state index in [1.807, 2.05) is 6.07 Å². The maximum absolute atomic E-state index is 13.8. The van der Waals surface area contributed by atoms with Gasteiger partial charge in [0.25, 0.3) is 5.91 Å². The van der Waals surface area contributed by atoms with E-state index in [1.165, 1.54) is 24.5 Å². The normalized spacial score (nSPS) is 13.9. The van der Waals surface area contributed by atoms with E-state index in [0.29, 0.717) is 24.1 Å². The number of fused-ring (bicyclic) bond motifs is 1. The van der Waals surface area contributed by atoms with Crippen LogP contribution in [0.5, 0.6) is 5.75 Å². The summed E-state index contributed by atoms with van der Waals surface area (Å²) in [6.07, 6.45) is 3.30. The van der Waals surface area contributed by atoms with Crippen molar-refractivity contribution in [2.24, 2.45) is 0 Å². The summed E-state index contributed by atoms with van der Waals surface area (Å²) in [6.45, 7) is 0.779. The molecule has 0 aliphatic carbocycles. The maximum atomic E-state index is 13.8. The van der Waals surface area contributed by atoms with E-state index in [2.05, 4.69) is 4.98 Å². The highest BCUT2D eigenvalue weighted by Crippen LogP contribution is 2.23. The smallest absolute Gasteiger partial charge is 0.255 e. The van der Waals surface area contributed by atoms with E-state index in [0.717, 1.165) is 5.56 Å². The molecule has 0 atom stereocenters. The number of rotatable bonds is 1. The molecule has 0 bridgehead atoms. The van der Waals surface area contributed by atoms with Crippen molar-refractivity contribution in [1.29, 1.82) is 0 Å². The highest BCUT2D eigenvalue weighted by Gasteiger charge is 2.24. The zero-order valence-electron chi connectivity index (χ0n) is 10.7. The molecule has 4 nitrogen and oxygen atoms in total. The molecular weight excluding hydrogens is 259 g/mol. The van der Waals surface area contributed by atoms with Gasteiger partial charge in [0.2, 0.25) is 0 Å². The summed E-state index contributed by atoms with van der Waals surface area (Å²) in [7, 11) is 0. The molecule has 1 N–H and O–H groups in total. The van der Waals surface area contributed by atoms with Crippen LogP contribution >= 0.6 is 0 Å². The minimum Gasteiger partial charge on any atom is -0.506 e. The molecule has 1 amide bonds. The fourth-order valence-corrected chi connectivity index (χ4v) is 2.44. The van der Waals surface area contributed by atoms with Crippen molar-refractivity contribution >= 4 is 5.91 Å². The number of halogens is 1. The average molecular weight is 272 g/mol. The van der Waals surface area contributed by atoms with Gasteiger partial charge in [-0.2, -0.15) is 0 Å². The quantitative estimate of drug-likeness (QED) is 0.865. The SMILES string of the molecule is O=C(c1cncc(O)c1)N1CCc2cccc(F)c2C1. The molecule has 1 aromatic carbocycles. The second kappa shape index (κ2) is 4.92. The lowest BCUT2D eigenvalue weighted by Gasteiger charge is -2.29. The molecule has 2 heterocycles. The summed E-state index contributed by atoms with van der Waals surface area (Å²) in [4.78, 5) is 17.7. The van der Waals surface area contributed by atoms with E-state index in [9.17, 15) is 14.3 Å². The van der Waals surface area contributed by atoms with Crippen LogP contribution in [0.15, 0.2) is 36.7 Å². The Morgan fingerprint density at radius 1 is 1.35 bits per heavy atom. The summed E-state index contributed by atoms with van der Waals surface area (Å²) >= 11 is 0. The van der Waals surface area contributed by atoms with Crippen molar-refractivity contribution in [2.45, 2.75) is 13.0 Å². The summed E-state index contributed by atoms with van der Waals surface area (Å²) in [5.74, 6) is -0.587. The lowest BCUT2D eigenvalue weighted by atomic mass is 9.99. The van der Waals surface area contributed by atoms with E-state index >= 15 is 0 Å². The molecule has 0 radical (unpaired) electrons. The van der Waals surface area contributed by atoms with Crippen molar-refractivity contribution in [3.63, 3.8) is 0 Å². The Labute approximate surface area is 115 Å². The number of aromatic hydroxyl groups is 1. The summed E-state index contributed by atoms with van der Waals surface area (Å²) in [6, 6.07) is 6.34. The van der Waals surface area contributed by atoms with Crippen molar-refractivity contribution in [3.8, 4) is 5.75 Å². The Kier molecular flexibility index (Phi) is 3.10. The average Bonchev–Trinajstić information content (AvgIpc) is 2.47. The van der Waals surface area contributed by atoms with Gasteiger partial charge in [0, 0.05) is 24.8 Å². The number of carbonyl (C=O) groups excluding carboxylic acids is 1. The number of hydrogen-bond donors (Lipinski definition) is 1. The molecule has 20 heavy (non-hydrogen) atoms. The van der Waals surface area contributed by atoms with Crippen LogP contribution in [0.3, 0.4) is 0 Å². The Morgan fingerprint density at radius 3 is 3.00 bits per heavy atom. The first-order valence-electron chi connectivity index (χ1n) is 6.34. The monoisotopic (exact) mass is 272 g/mol. The van der Waals surface area contributed by atoms with Crippen LogP contribution in [-0.4, -0.2) is 27.4 Å². The van der Waals surface area contributed by atoms with Gasteiger partial charge in [-0.1, -0.05) is 12.1 Å². The number of pyridine rings is 1. The zero-order valence-corrected chi connectivity index (χ0v) is 10.7. The van der Waals surface area contributed by atoms with Gasteiger partial charge in [-0.05, 0) is 24.1 Å². The molecule has 1 aliphatic rings. The number of benzene rings is 1. The maximum Gasteiger partial charge on any atom is 0.255 e. The predicted molar refractivity (Wildman–Crippen MR) is 70.7 cm³/mol. The second-order valence-corrected chi connectivity index (χ2v) is 4.79. The molecule has 102 valence electrons. The Bertz CT molecular complexity index is 673. The molecule has 0 saturated carbocycles. The lowest BCUT2D eigenvalue weighted by molar-refractivity contribution is 0.0731. The molecule has 0 spiro atoms. The van der Waals surface area contributed by atoms with Crippen molar-refractivity contribution in [2.75, 3.05) is 6.54 Å². The van der Waals surface area contributed by atoms with Crippen molar-refractivity contribution in [1.82, 2.24) is 9.88 Å². The standard InChI is InChI=1S/C15H13FN2O2/c16-14-3-1-2-10-4-5-18(9-13(10)14)15(20)11-6-12(19)8-17-7-11/h1-3,6-8,19H,4-5,9H2. The van der Waals surface area contributed by atoms with Gasteiger partial charge in [0.1, 0.15) is 11.6 Å². The van der Waals surface area contributed by atoms with E-state index in [-0.39, 0.29) is 24.0 Å². The van der Waals surface area contributed by atoms with Crippen molar-refractivity contribution in [3.05, 3.63) is 59.2 Å². The first kappa shape index (κ1) is 12.6. The van der Waals surface area contributed by atoms with Gasteiger partial charge in [0.05, 0.1) is 11.8 Å². The molecule has 2 aromatic rings. The third-order valence-corrected chi connectivity index (χ3v) is 3.47. The van der Waals surface area contributed by atoms with Crippen LogP contribution in [-0.2, 0) is 13.0 Å². The molecule has 5 heteroatoms. The van der Waals surface area contributed by atoms with Gasteiger partial charge in [-0.15, -0.1) is 0 Å². The highest BCUT2D eigenvalue weighted by atomic mass is 19.1. The Balaban J connectivity index is 1.87. The topological polar surface area (TPSA) is 53.4 Å². The Hall–Kier alpha value is -2.43. The van der Waals surface area contributed by atoms with Gasteiger partial charge < -0.3 is 10.0 Å². The van der Waals surface area contributed by atoms with Gasteiger partial charge in [-0.25, -0.2) is 4.39 Å². The first-order valence-corrected chi connectivity index (χ1v) is 6.34. The van der Waals surface area contributed by atoms with E-state index in [1.54, 1.807) is 11.0 Å². The fraction of sp³-hybridized carbons (Fsp3) is 0.200. The number of hydrogen-bond acceptors (Lipinski definition) is 3. The summed E-state index contributed by atoms with van der Waals surface area (Å²) < 4.78 is 13.8. The fourth-order valence-electron chi connectivity index (χ4n) is 2.44. The molecule has 3 rings (SSSR count). The predicted octanol–water partition coefficient (Wildman–Crippen LogP) is 2.12. The largest absolute Gasteiger partial charge is 0.506 e. The number of nitrogens with zero attached hydrogens (tertiary/aromatic N) is 2.